The maximum absolute atomic E-state index is 9.29. The molecule has 0 saturated carbocycles. The highest BCUT2D eigenvalue weighted by Crippen LogP contribution is 2.26. The third-order valence-corrected chi connectivity index (χ3v) is 3.50. The lowest BCUT2D eigenvalue weighted by Crippen LogP contribution is -2.24. The van der Waals surface area contributed by atoms with Crippen molar-refractivity contribution in [1.29, 1.82) is 5.26 Å². The number of rotatable bonds is 5. The van der Waals surface area contributed by atoms with Crippen molar-refractivity contribution in [1.82, 2.24) is 0 Å². The van der Waals surface area contributed by atoms with Crippen molar-refractivity contribution < 1.29 is 0 Å². The minimum absolute atomic E-state index is 0.641. The fourth-order valence-electron chi connectivity index (χ4n) is 2.26. The maximum Gasteiger partial charge on any atom is 0.101 e. The van der Waals surface area contributed by atoms with E-state index in [1.165, 1.54) is 0 Å². The molecule has 0 aliphatic rings. The molecule has 4 heteroatoms. The first kappa shape index (κ1) is 15.2. The van der Waals surface area contributed by atoms with Crippen LogP contribution in [0.2, 0.25) is 5.02 Å². The summed E-state index contributed by atoms with van der Waals surface area (Å²) < 4.78 is 0. The zero-order valence-electron chi connectivity index (χ0n) is 12.0. The molecule has 0 unspecified atom stereocenters. The second kappa shape index (κ2) is 7.01. The Morgan fingerprint density at radius 3 is 2.52 bits per heavy atom. The SMILES string of the molecule is CCCN(Cc1ccc(N)cc1)c1cc(Cl)ccc1C#N. The maximum atomic E-state index is 9.29. The van der Waals surface area contributed by atoms with Crippen molar-refractivity contribution in [3.63, 3.8) is 0 Å². The summed E-state index contributed by atoms with van der Waals surface area (Å²) in [6.45, 7) is 3.70. The van der Waals surface area contributed by atoms with Gasteiger partial charge in [-0.2, -0.15) is 5.26 Å². The Kier molecular flexibility index (Phi) is 5.08. The molecular weight excluding hydrogens is 282 g/mol. The highest BCUT2D eigenvalue weighted by molar-refractivity contribution is 6.30. The van der Waals surface area contributed by atoms with Gasteiger partial charge in [0.05, 0.1) is 11.3 Å². The Morgan fingerprint density at radius 1 is 1.19 bits per heavy atom. The molecule has 2 aromatic rings. The lowest BCUT2D eigenvalue weighted by Gasteiger charge is -2.25. The van der Waals surface area contributed by atoms with Gasteiger partial charge in [-0.05, 0) is 42.3 Å². The van der Waals surface area contributed by atoms with Crippen molar-refractivity contribution in [2.24, 2.45) is 0 Å². The Morgan fingerprint density at radius 2 is 1.90 bits per heavy atom. The summed E-state index contributed by atoms with van der Waals surface area (Å²) in [5.74, 6) is 0. The van der Waals surface area contributed by atoms with Gasteiger partial charge in [-0.25, -0.2) is 0 Å². The van der Waals surface area contributed by atoms with Crippen LogP contribution < -0.4 is 10.6 Å². The number of hydrogen-bond donors (Lipinski definition) is 1. The van der Waals surface area contributed by atoms with Crippen LogP contribution in [0.3, 0.4) is 0 Å². The highest BCUT2D eigenvalue weighted by atomic mass is 35.5. The van der Waals surface area contributed by atoms with Gasteiger partial charge in [-0.3, -0.25) is 0 Å². The Bertz CT molecular complexity index is 644. The van der Waals surface area contributed by atoms with Crippen LogP contribution in [0.15, 0.2) is 42.5 Å². The first-order valence-electron chi connectivity index (χ1n) is 6.93. The summed E-state index contributed by atoms with van der Waals surface area (Å²) >= 11 is 6.09. The molecule has 0 aliphatic heterocycles. The van der Waals surface area contributed by atoms with Crippen LogP contribution in [0.5, 0.6) is 0 Å². The molecule has 0 aromatic heterocycles. The molecule has 108 valence electrons. The molecule has 2 rings (SSSR count). The van der Waals surface area contributed by atoms with Crippen LogP contribution in [0, 0.1) is 11.3 Å². The quantitative estimate of drug-likeness (QED) is 0.841. The fraction of sp³-hybridized carbons (Fsp3) is 0.235. The zero-order chi connectivity index (χ0) is 15.2. The van der Waals surface area contributed by atoms with E-state index in [4.69, 9.17) is 17.3 Å². The predicted octanol–water partition coefficient (Wildman–Crippen LogP) is 4.21. The largest absolute Gasteiger partial charge is 0.399 e. The number of nitrogens with two attached hydrogens (primary N) is 1. The van der Waals surface area contributed by atoms with Gasteiger partial charge in [0.1, 0.15) is 6.07 Å². The Balaban J connectivity index is 2.32. The topological polar surface area (TPSA) is 53.0 Å². The molecule has 0 fully saturated rings. The van der Waals surface area contributed by atoms with Crippen molar-refractivity contribution in [3.8, 4) is 6.07 Å². The smallest absolute Gasteiger partial charge is 0.101 e. The monoisotopic (exact) mass is 299 g/mol. The van der Waals surface area contributed by atoms with E-state index in [0.29, 0.717) is 10.6 Å². The summed E-state index contributed by atoms with van der Waals surface area (Å²) in [6, 6.07) is 15.4. The van der Waals surface area contributed by atoms with E-state index in [2.05, 4.69) is 17.9 Å². The van der Waals surface area contributed by atoms with E-state index in [-0.39, 0.29) is 0 Å². The van der Waals surface area contributed by atoms with E-state index in [0.717, 1.165) is 36.4 Å². The van der Waals surface area contributed by atoms with E-state index in [1.54, 1.807) is 12.1 Å². The highest BCUT2D eigenvalue weighted by Gasteiger charge is 2.12. The summed E-state index contributed by atoms with van der Waals surface area (Å²) in [5, 5.41) is 9.93. The van der Waals surface area contributed by atoms with Gasteiger partial charge < -0.3 is 10.6 Å². The summed E-state index contributed by atoms with van der Waals surface area (Å²) in [5.41, 5.74) is 9.14. The first-order valence-corrected chi connectivity index (χ1v) is 7.31. The van der Waals surface area contributed by atoms with Gasteiger partial charge in [0.2, 0.25) is 0 Å². The van der Waals surface area contributed by atoms with Crippen molar-refractivity contribution >= 4 is 23.0 Å². The number of benzene rings is 2. The van der Waals surface area contributed by atoms with Gasteiger partial charge in [0.25, 0.3) is 0 Å². The van der Waals surface area contributed by atoms with E-state index >= 15 is 0 Å². The van der Waals surface area contributed by atoms with Crippen LogP contribution in [-0.4, -0.2) is 6.54 Å². The molecule has 2 N–H and O–H groups in total. The molecule has 0 aliphatic carbocycles. The van der Waals surface area contributed by atoms with Gasteiger partial charge in [-0.15, -0.1) is 0 Å². The summed E-state index contributed by atoms with van der Waals surface area (Å²) in [4.78, 5) is 2.18. The van der Waals surface area contributed by atoms with E-state index < -0.39 is 0 Å². The zero-order valence-corrected chi connectivity index (χ0v) is 12.8. The van der Waals surface area contributed by atoms with Crippen molar-refractivity contribution in [2.45, 2.75) is 19.9 Å². The predicted molar refractivity (Wildman–Crippen MR) is 88.4 cm³/mol. The molecule has 2 aromatic carbocycles. The normalized spacial score (nSPS) is 10.1. The number of halogens is 1. The van der Waals surface area contributed by atoms with Gasteiger partial charge in [0, 0.05) is 23.8 Å². The van der Waals surface area contributed by atoms with Crippen LogP contribution >= 0.6 is 11.6 Å². The van der Waals surface area contributed by atoms with Crippen LogP contribution in [0.1, 0.15) is 24.5 Å². The molecule has 0 amide bonds. The average molecular weight is 300 g/mol. The molecule has 0 radical (unpaired) electrons. The van der Waals surface area contributed by atoms with Crippen LogP contribution in [0.4, 0.5) is 11.4 Å². The second-order valence-electron chi connectivity index (χ2n) is 4.94. The molecule has 0 saturated heterocycles. The third kappa shape index (κ3) is 3.90. The van der Waals surface area contributed by atoms with E-state index in [1.807, 2.05) is 30.3 Å². The number of nitrogen functional groups attached to an aromatic ring is 1. The average Bonchev–Trinajstić information content (AvgIpc) is 2.49. The number of nitriles is 1. The Labute approximate surface area is 130 Å². The fourth-order valence-corrected chi connectivity index (χ4v) is 2.43. The minimum atomic E-state index is 0.641. The lowest BCUT2D eigenvalue weighted by molar-refractivity contribution is 0.766. The summed E-state index contributed by atoms with van der Waals surface area (Å²) in [6.07, 6.45) is 0.992. The molecule has 0 atom stereocenters. The molecule has 0 spiro atoms. The minimum Gasteiger partial charge on any atom is -0.399 e. The molecule has 21 heavy (non-hydrogen) atoms. The molecule has 3 nitrogen and oxygen atoms in total. The number of anilines is 2. The first-order chi connectivity index (χ1) is 10.1. The molecule has 0 bridgehead atoms. The van der Waals surface area contributed by atoms with Crippen molar-refractivity contribution in [3.05, 3.63) is 58.6 Å². The Hall–Kier alpha value is -2.18. The van der Waals surface area contributed by atoms with Gasteiger partial charge in [0.15, 0.2) is 0 Å². The lowest BCUT2D eigenvalue weighted by atomic mass is 10.1. The van der Waals surface area contributed by atoms with E-state index in [9.17, 15) is 5.26 Å². The second-order valence-corrected chi connectivity index (χ2v) is 5.37. The van der Waals surface area contributed by atoms with Crippen LogP contribution in [0.25, 0.3) is 0 Å². The standard InChI is InChI=1S/C17H18ClN3/c1-2-9-21(12-13-3-7-16(20)8-4-13)17-10-15(18)6-5-14(17)11-19/h3-8,10H,2,9,12,20H2,1H3. The van der Waals surface area contributed by atoms with Crippen molar-refractivity contribution in [2.75, 3.05) is 17.2 Å². The third-order valence-electron chi connectivity index (χ3n) is 3.27. The number of hydrogen-bond acceptors (Lipinski definition) is 3. The molecule has 0 heterocycles. The van der Waals surface area contributed by atoms with Gasteiger partial charge in [-0.1, -0.05) is 30.7 Å². The van der Waals surface area contributed by atoms with Gasteiger partial charge >= 0.3 is 0 Å². The molecular formula is C17H18ClN3. The summed E-state index contributed by atoms with van der Waals surface area (Å²) in [7, 11) is 0. The number of nitrogens with zero attached hydrogens (tertiary/aromatic N) is 2. The van der Waals surface area contributed by atoms with Crippen LogP contribution in [-0.2, 0) is 6.54 Å².